The van der Waals surface area contributed by atoms with Gasteiger partial charge in [0.05, 0.1) is 0 Å². The SMILES string of the molecule is O=C1CCC(N2Cc3cc4c(cc3C2=O)CC2(CNC2)C4)C(=O)N1. The van der Waals surface area contributed by atoms with Crippen LogP contribution in [0.5, 0.6) is 0 Å². The number of piperidine rings is 1. The molecule has 2 fully saturated rings. The van der Waals surface area contributed by atoms with Gasteiger partial charge in [-0.25, -0.2) is 0 Å². The molecule has 1 aromatic carbocycles. The number of benzene rings is 1. The Hall–Kier alpha value is -2.21. The molecule has 3 amide bonds. The molecule has 24 heavy (non-hydrogen) atoms. The minimum absolute atomic E-state index is 0.0741. The predicted molar refractivity (Wildman–Crippen MR) is 85.2 cm³/mol. The number of imide groups is 1. The van der Waals surface area contributed by atoms with Gasteiger partial charge in [-0.05, 0) is 42.0 Å². The monoisotopic (exact) mass is 325 g/mol. The zero-order valence-electron chi connectivity index (χ0n) is 13.4. The van der Waals surface area contributed by atoms with Crippen LogP contribution in [0.15, 0.2) is 12.1 Å². The van der Waals surface area contributed by atoms with Crippen molar-refractivity contribution in [2.24, 2.45) is 5.41 Å². The molecular weight excluding hydrogens is 306 g/mol. The largest absolute Gasteiger partial charge is 0.322 e. The number of carbonyl (C=O) groups excluding carboxylic acids is 3. The van der Waals surface area contributed by atoms with Crippen LogP contribution in [0, 0.1) is 5.41 Å². The van der Waals surface area contributed by atoms with E-state index >= 15 is 0 Å². The van der Waals surface area contributed by atoms with E-state index in [9.17, 15) is 14.4 Å². The van der Waals surface area contributed by atoms with Gasteiger partial charge < -0.3 is 10.2 Å². The number of fused-ring (bicyclic) bond motifs is 2. The molecule has 5 rings (SSSR count). The van der Waals surface area contributed by atoms with Crippen molar-refractivity contribution in [3.63, 3.8) is 0 Å². The highest BCUT2D eigenvalue weighted by molar-refractivity contribution is 6.05. The third-order valence-corrected chi connectivity index (χ3v) is 5.97. The number of carbonyl (C=O) groups is 3. The lowest BCUT2D eigenvalue weighted by Gasteiger charge is -2.39. The summed E-state index contributed by atoms with van der Waals surface area (Å²) in [6.45, 7) is 2.59. The van der Waals surface area contributed by atoms with E-state index in [1.165, 1.54) is 11.1 Å². The molecule has 6 heteroatoms. The van der Waals surface area contributed by atoms with E-state index in [1.54, 1.807) is 4.90 Å². The average molecular weight is 325 g/mol. The molecule has 124 valence electrons. The Morgan fingerprint density at radius 2 is 1.79 bits per heavy atom. The summed E-state index contributed by atoms with van der Waals surface area (Å²) in [5, 5.41) is 5.70. The van der Waals surface area contributed by atoms with E-state index in [0.29, 0.717) is 24.8 Å². The third-order valence-electron chi connectivity index (χ3n) is 5.97. The number of nitrogens with zero attached hydrogens (tertiary/aromatic N) is 1. The van der Waals surface area contributed by atoms with Crippen molar-refractivity contribution in [3.05, 3.63) is 34.4 Å². The van der Waals surface area contributed by atoms with E-state index in [1.807, 2.05) is 6.07 Å². The van der Waals surface area contributed by atoms with Gasteiger partial charge in [0.15, 0.2) is 0 Å². The van der Waals surface area contributed by atoms with Gasteiger partial charge in [0.25, 0.3) is 5.91 Å². The van der Waals surface area contributed by atoms with E-state index in [-0.39, 0.29) is 17.7 Å². The summed E-state index contributed by atoms with van der Waals surface area (Å²) in [6.07, 6.45) is 2.82. The first-order valence-corrected chi connectivity index (χ1v) is 8.55. The lowest BCUT2D eigenvalue weighted by atomic mass is 9.79. The summed E-state index contributed by atoms with van der Waals surface area (Å²) in [5.41, 5.74) is 4.77. The van der Waals surface area contributed by atoms with Crippen LogP contribution < -0.4 is 10.6 Å². The van der Waals surface area contributed by atoms with Crippen molar-refractivity contribution in [3.8, 4) is 0 Å². The lowest BCUT2D eigenvalue weighted by molar-refractivity contribution is -0.136. The van der Waals surface area contributed by atoms with Crippen molar-refractivity contribution >= 4 is 17.7 Å². The molecule has 3 aliphatic heterocycles. The molecule has 0 saturated carbocycles. The van der Waals surface area contributed by atoms with Gasteiger partial charge >= 0.3 is 0 Å². The highest BCUT2D eigenvalue weighted by atomic mass is 16.2. The Morgan fingerprint density at radius 1 is 1.04 bits per heavy atom. The molecule has 0 bridgehead atoms. The van der Waals surface area contributed by atoms with E-state index in [0.717, 1.165) is 37.1 Å². The van der Waals surface area contributed by atoms with Crippen LogP contribution in [0.2, 0.25) is 0 Å². The average Bonchev–Trinajstić information content (AvgIpc) is 3.04. The fourth-order valence-corrected chi connectivity index (χ4v) is 4.64. The quantitative estimate of drug-likeness (QED) is 0.720. The molecule has 4 aliphatic rings. The number of hydrogen-bond acceptors (Lipinski definition) is 4. The molecule has 1 atom stereocenters. The van der Waals surface area contributed by atoms with E-state index in [2.05, 4.69) is 16.7 Å². The topological polar surface area (TPSA) is 78.5 Å². The van der Waals surface area contributed by atoms with Gasteiger partial charge in [0, 0.05) is 37.0 Å². The minimum atomic E-state index is -0.528. The van der Waals surface area contributed by atoms with Crippen molar-refractivity contribution in [2.45, 2.75) is 38.3 Å². The first-order chi connectivity index (χ1) is 11.5. The summed E-state index contributed by atoms with van der Waals surface area (Å²) in [6, 6.07) is 3.69. The Labute approximate surface area is 139 Å². The molecule has 1 spiro atoms. The Kier molecular flexibility index (Phi) is 2.75. The van der Waals surface area contributed by atoms with Gasteiger partial charge in [-0.15, -0.1) is 0 Å². The van der Waals surface area contributed by atoms with Crippen LogP contribution in [0.25, 0.3) is 0 Å². The second-order valence-electron chi connectivity index (χ2n) is 7.64. The fourth-order valence-electron chi connectivity index (χ4n) is 4.64. The first kappa shape index (κ1) is 14.2. The van der Waals surface area contributed by atoms with Crippen LogP contribution in [0.1, 0.15) is 39.9 Å². The van der Waals surface area contributed by atoms with Crippen LogP contribution >= 0.6 is 0 Å². The van der Waals surface area contributed by atoms with Gasteiger partial charge in [-0.2, -0.15) is 0 Å². The molecule has 2 N–H and O–H groups in total. The molecule has 1 aromatic rings. The van der Waals surface area contributed by atoms with Crippen molar-refractivity contribution in [1.29, 1.82) is 0 Å². The van der Waals surface area contributed by atoms with Crippen LogP contribution in [0.4, 0.5) is 0 Å². The number of amides is 3. The lowest BCUT2D eigenvalue weighted by Crippen LogP contribution is -2.54. The van der Waals surface area contributed by atoms with Crippen LogP contribution in [-0.2, 0) is 29.0 Å². The van der Waals surface area contributed by atoms with Crippen molar-refractivity contribution < 1.29 is 14.4 Å². The van der Waals surface area contributed by atoms with Gasteiger partial charge in [0.2, 0.25) is 11.8 Å². The van der Waals surface area contributed by atoms with E-state index in [4.69, 9.17) is 0 Å². The summed E-state index contributed by atoms with van der Waals surface area (Å²) in [5.74, 6) is -0.673. The molecule has 1 aliphatic carbocycles. The highest BCUT2D eigenvalue weighted by Gasteiger charge is 2.44. The van der Waals surface area contributed by atoms with E-state index < -0.39 is 6.04 Å². The number of nitrogens with one attached hydrogen (secondary N) is 2. The first-order valence-electron chi connectivity index (χ1n) is 8.55. The normalized spacial score (nSPS) is 27.1. The highest BCUT2D eigenvalue weighted by Crippen LogP contribution is 2.42. The fraction of sp³-hybridized carbons (Fsp3) is 0.500. The molecule has 0 aromatic heterocycles. The van der Waals surface area contributed by atoms with Crippen molar-refractivity contribution in [2.75, 3.05) is 13.1 Å². The smallest absolute Gasteiger partial charge is 0.255 e. The summed E-state index contributed by atoms with van der Waals surface area (Å²) < 4.78 is 0. The van der Waals surface area contributed by atoms with Crippen LogP contribution in [-0.4, -0.2) is 41.8 Å². The Balaban J connectivity index is 1.43. The van der Waals surface area contributed by atoms with Crippen LogP contribution in [0.3, 0.4) is 0 Å². The maximum atomic E-state index is 12.8. The Morgan fingerprint density at radius 3 is 2.46 bits per heavy atom. The third kappa shape index (κ3) is 1.89. The minimum Gasteiger partial charge on any atom is -0.322 e. The zero-order chi connectivity index (χ0) is 16.5. The second kappa shape index (κ2) is 4.66. The Bertz CT molecular complexity index is 797. The zero-order valence-corrected chi connectivity index (χ0v) is 13.4. The van der Waals surface area contributed by atoms with Gasteiger partial charge in [0.1, 0.15) is 6.04 Å². The number of hydrogen-bond donors (Lipinski definition) is 2. The molecular formula is C18H19N3O3. The van der Waals surface area contributed by atoms with Gasteiger partial charge in [-0.3, -0.25) is 19.7 Å². The predicted octanol–water partition coefficient (Wildman–Crippen LogP) is 0.136. The van der Waals surface area contributed by atoms with Crippen molar-refractivity contribution in [1.82, 2.24) is 15.5 Å². The summed E-state index contributed by atoms with van der Waals surface area (Å²) in [4.78, 5) is 37.9. The van der Waals surface area contributed by atoms with Gasteiger partial charge in [-0.1, -0.05) is 6.07 Å². The molecule has 0 radical (unpaired) electrons. The molecule has 1 unspecified atom stereocenters. The molecule has 2 saturated heterocycles. The second-order valence-corrected chi connectivity index (χ2v) is 7.64. The summed E-state index contributed by atoms with van der Waals surface area (Å²) >= 11 is 0. The number of rotatable bonds is 1. The standard InChI is InChI=1S/C18H19N3O3/c22-15-2-1-14(16(23)20-15)21-7-12-3-10-5-18(8-19-9-18)6-11(10)4-13(12)17(21)24/h3-4,14,19H,1-2,5-9H2,(H,20,22,23). The molecule has 3 heterocycles. The maximum Gasteiger partial charge on any atom is 0.255 e. The summed E-state index contributed by atoms with van der Waals surface area (Å²) in [7, 11) is 0. The molecule has 6 nitrogen and oxygen atoms in total. The maximum absolute atomic E-state index is 12.8.